The van der Waals surface area contributed by atoms with E-state index in [1.54, 1.807) is 18.0 Å². The zero-order chi connectivity index (χ0) is 22.0. The van der Waals surface area contributed by atoms with Gasteiger partial charge in [-0.2, -0.15) is 0 Å². The van der Waals surface area contributed by atoms with E-state index in [1.165, 1.54) is 0 Å². The number of ether oxygens (including phenoxy) is 2. The SMILES string of the molecule is COc1nn(C)c2nc(C)c(CCC(=O)Nc3cccnc3N3CCOCC3)c(C)c12. The summed E-state index contributed by atoms with van der Waals surface area (Å²) in [5.74, 6) is 1.29. The van der Waals surface area contributed by atoms with Crippen molar-refractivity contribution >= 4 is 28.4 Å². The van der Waals surface area contributed by atoms with Gasteiger partial charge in [0.25, 0.3) is 0 Å². The summed E-state index contributed by atoms with van der Waals surface area (Å²) in [5.41, 5.74) is 4.51. The number of amides is 1. The summed E-state index contributed by atoms with van der Waals surface area (Å²) in [5, 5.41) is 8.32. The fourth-order valence-corrected chi connectivity index (χ4v) is 4.08. The molecule has 4 heterocycles. The van der Waals surface area contributed by atoms with Gasteiger partial charge in [0.1, 0.15) is 0 Å². The third-order valence-electron chi connectivity index (χ3n) is 5.69. The molecule has 0 aliphatic carbocycles. The van der Waals surface area contributed by atoms with E-state index in [0.29, 0.717) is 31.9 Å². The second-order valence-corrected chi connectivity index (χ2v) is 7.65. The lowest BCUT2D eigenvalue weighted by molar-refractivity contribution is -0.116. The van der Waals surface area contributed by atoms with Crippen molar-refractivity contribution in [2.75, 3.05) is 43.6 Å². The van der Waals surface area contributed by atoms with Gasteiger partial charge in [0, 0.05) is 38.4 Å². The van der Waals surface area contributed by atoms with Crippen molar-refractivity contribution in [2.24, 2.45) is 7.05 Å². The van der Waals surface area contributed by atoms with Crippen LogP contribution in [0, 0.1) is 13.8 Å². The first-order chi connectivity index (χ1) is 15.0. The maximum absolute atomic E-state index is 12.8. The van der Waals surface area contributed by atoms with Crippen molar-refractivity contribution < 1.29 is 14.3 Å². The van der Waals surface area contributed by atoms with Crippen LogP contribution in [-0.2, 0) is 23.0 Å². The summed E-state index contributed by atoms with van der Waals surface area (Å²) in [4.78, 5) is 24.1. The van der Waals surface area contributed by atoms with Crippen LogP contribution in [0.25, 0.3) is 11.0 Å². The number of rotatable bonds is 6. The minimum Gasteiger partial charge on any atom is -0.479 e. The topological polar surface area (TPSA) is 94.4 Å². The van der Waals surface area contributed by atoms with Crippen molar-refractivity contribution in [2.45, 2.75) is 26.7 Å². The molecule has 1 fully saturated rings. The molecule has 0 atom stereocenters. The monoisotopic (exact) mass is 424 g/mol. The van der Waals surface area contributed by atoms with Gasteiger partial charge in [-0.25, -0.2) is 14.6 Å². The quantitative estimate of drug-likeness (QED) is 0.649. The van der Waals surface area contributed by atoms with Crippen LogP contribution >= 0.6 is 0 Å². The number of methoxy groups -OCH3 is 1. The predicted octanol–water partition coefficient (Wildman–Crippen LogP) is 2.40. The minimum absolute atomic E-state index is 0.0560. The first kappa shape index (κ1) is 21.0. The highest BCUT2D eigenvalue weighted by atomic mass is 16.5. The van der Waals surface area contributed by atoms with E-state index in [1.807, 2.05) is 33.0 Å². The van der Waals surface area contributed by atoms with Crippen LogP contribution in [0.4, 0.5) is 11.5 Å². The molecular formula is C22H28N6O3. The molecule has 1 aliphatic heterocycles. The number of fused-ring (bicyclic) bond motifs is 1. The molecule has 0 spiro atoms. The number of nitrogens with one attached hydrogen (secondary N) is 1. The number of aromatic nitrogens is 4. The summed E-state index contributed by atoms with van der Waals surface area (Å²) in [7, 11) is 3.46. The molecule has 0 saturated carbocycles. The van der Waals surface area contributed by atoms with Crippen molar-refractivity contribution in [3.8, 4) is 5.88 Å². The Hall–Kier alpha value is -3.20. The molecular weight excluding hydrogens is 396 g/mol. The Morgan fingerprint density at radius 2 is 2.06 bits per heavy atom. The van der Waals surface area contributed by atoms with E-state index >= 15 is 0 Å². The van der Waals surface area contributed by atoms with Gasteiger partial charge in [0.15, 0.2) is 11.5 Å². The largest absolute Gasteiger partial charge is 0.479 e. The van der Waals surface area contributed by atoms with Gasteiger partial charge in [0.05, 0.1) is 31.4 Å². The maximum atomic E-state index is 12.8. The fourth-order valence-electron chi connectivity index (χ4n) is 4.08. The Kier molecular flexibility index (Phi) is 6.03. The molecule has 1 saturated heterocycles. The molecule has 1 aliphatic rings. The van der Waals surface area contributed by atoms with Gasteiger partial charge in [-0.3, -0.25) is 4.79 Å². The molecule has 1 amide bonds. The molecule has 3 aromatic heterocycles. The molecule has 1 N–H and O–H groups in total. The van der Waals surface area contributed by atoms with Crippen molar-refractivity contribution in [3.05, 3.63) is 35.2 Å². The number of nitrogens with zero attached hydrogens (tertiary/aromatic N) is 5. The number of hydrogen-bond acceptors (Lipinski definition) is 7. The van der Waals surface area contributed by atoms with Gasteiger partial charge in [0.2, 0.25) is 11.8 Å². The molecule has 0 bridgehead atoms. The van der Waals surface area contributed by atoms with Crippen LogP contribution in [0.2, 0.25) is 0 Å². The van der Waals surface area contributed by atoms with Gasteiger partial charge in [-0.05, 0) is 43.5 Å². The van der Waals surface area contributed by atoms with E-state index in [9.17, 15) is 4.79 Å². The van der Waals surface area contributed by atoms with Gasteiger partial charge in [-0.1, -0.05) is 0 Å². The Labute approximate surface area is 181 Å². The van der Waals surface area contributed by atoms with E-state index in [4.69, 9.17) is 14.5 Å². The number of aryl methyl sites for hydroxylation is 3. The molecule has 3 aromatic rings. The molecule has 31 heavy (non-hydrogen) atoms. The number of pyridine rings is 2. The number of carbonyl (C=O) groups is 1. The lowest BCUT2D eigenvalue weighted by Gasteiger charge is -2.29. The average molecular weight is 425 g/mol. The zero-order valence-corrected chi connectivity index (χ0v) is 18.4. The zero-order valence-electron chi connectivity index (χ0n) is 18.4. The number of anilines is 2. The first-order valence-electron chi connectivity index (χ1n) is 10.4. The molecule has 4 rings (SSSR count). The van der Waals surface area contributed by atoms with Crippen LogP contribution in [0.15, 0.2) is 18.3 Å². The highest BCUT2D eigenvalue weighted by molar-refractivity contribution is 5.94. The number of carbonyl (C=O) groups excluding carboxylic acids is 1. The molecule has 0 radical (unpaired) electrons. The Morgan fingerprint density at radius 1 is 1.29 bits per heavy atom. The van der Waals surface area contributed by atoms with Crippen LogP contribution < -0.4 is 15.0 Å². The predicted molar refractivity (Wildman–Crippen MR) is 119 cm³/mol. The van der Waals surface area contributed by atoms with Crippen LogP contribution in [0.1, 0.15) is 23.2 Å². The summed E-state index contributed by atoms with van der Waals surface area (Å²) < 4.78 is 12.6. The minimum atomic E-state index is -0.0560. The normalized spacial score (nSPS) is 14.1. The lowest BCUT2D eigenvalue weighted by atomic mass is 10.00. The van der Waals surface area contributed by atoms with Crippen LogP contribution in [0.3, 0.4) is 0 Å². The second kappa shape index (κ2) is 8.89. The van der Waals surface area contributed by atoms with E-state index in [2.05, 4.69) is 20.3 Å². The van der Waals surface area contributed by atoms with E-state index < -0.39 is 0 Å². The lowest BCUT2D eigenvalue weighted by Crippen LogP contribution is -2.37. The highest BCUT2D eigenvalue weighted by Crippen LogP contribution is 2.30. The Bertz CT molecular complexity index is 1100. The first-order valence-corrected chi connectivity index (χ1v) is 10.4. The number of morpholine rings is 1. The van der Waals surface area contributed by atoms with Gasteiger partial charge in [-0.15, -0.1) is 5.10 Å². The summed E-state index contributed by atoms with van der Waals surface area (Å²) >= 11 is 0. The standard InChI is InChI=1S/C22H28N6O3/c1-14-16(15(2)24-21-19(14)22(30-4)26-27(21)3)7-8-18(29)25-17-6-5-9-23-20(17)28-10-12-31-13-11-28/h5-6,9H,7-8,10-13H2,1-4H3,(H,25,29). The summed E-state index contributed by atoms with van der Waals surface area (Å²) in [6, 6.07) is 3.72. The highest BCUT2D eigenvalue weighted by Gasteiger charge is 2.20. The van der Waals surface area contributed by atoms with Gasteiger partial charge < -0.3 is 19.7 Å². The van der Waals surface area contributed by atoms with Crippen LogP contribution in [0.5, 0.6) is 5.88 Å². The molecule has 0 aromatic carbocycles. The van der Waals surface area contributed by atoms with Crippen molar-refractivity contribution in [1.29, 1.82) is 0 Å². The molecule has 164 valence electrons. The van der Waals surface area contributed by atoms with E-state index in [-0.39, 0.29) is 5.91 Å². The third kappa shape index (κ3) is 4.18. The fraction of sp³-hybridized carbons (Fsp3) is 0.455. The average Bonchev–Trinajstić information content (AvgIpc) is 3.10. The molecule has 9 nitrogen and oxygen atoms in total. The number of hydrogen-bond donors (Lipinski definition) is 1. The third-order valence-corrected chi connectivity index (χ3v) is 5.69. The Morgan fingerprint density at radius 3 is 2.81 bits per heavy atom. The maximum Gasteiger partial charge on any atom is 0.242 e. The summed E-state index contributed by atoms with van der Waals surface area (Å²) in [6.45, 7) is 6.85. The van der Waals surface area contributed by atoms with Crippen molar-refractivity contribution in [1.82, 2.24) is 19.7 Å². The van der Waals surface area contributed by atoms with Crippen LogP contribution in [-0.4, -0.2) is 59.1 Å². The molecule has 9 heteroatoms. The van der Waals surface area contributed by atoms with Gasteiger partial charge >= 0.3 is 0 Å². The second-order valence-electron chi connectivity index (χ2n) is 7.65. The van der Waals surface area contributed by atoms with Crippen molar-refractivity contribution in [3.63, 3.8) is 0 Å². The smallest absolute Gasteiger partial charge is 0.242 e. The van der Waals surface area contributed by atoms with E-state index in [0.717, 1.165) is 52.4 Å². The Balaban J connectivity index is 1.51. The molecule has 0 unspecified atom stereocenters. The summed E-state index contributed by atoms with van der Waals surface area (Å²) in [6.07, 6.45) is 2.67.